The highest BCUT2D eigenvalue weighted by atomic mass is 16.3. The maximum absolute atomic E-state index is 11.5. The van der Waals surface area contributed by atoms with Crippen molar-refractivity contribution < 1.29 is 9.90 Å². The van der Waals surface area contributed by atoms with Crippen molar-refractivity contribution in [3.05, 3.63) is 0 Å². The number of Topliss-reactive ketones (excluding diaryl/α,β-unsaturated/α-hetero) is 1. The maximum atomic E-state index is 11.5. The summed E-state index contributed by atoms with van der Waals surface area (Å²) < 4.78 is 0. The van der Waals surface area contributed by atoms with E-state index in [2.05, 4.69) is 0 Å². The second-order valence-electron chi connectivity index (χ2n) is 4.66. The molecule has 1 N–H and O–H groups in total. The van der Waals surface area contributed by atoms with Crippen LogP contribution in [0.5, 0.6) is 0 Å². The highest BCUT2D eigenvalue weighted by Crippen LogP contribution is 2.56. The van der Waals surface area contributed by atoms with Crippen molar-refractivity contribution in [2.24, 2.45) is 23.7 Å². The van der Waals surface area contributed by atoms with Gasteiger partial charge < -0.3 is 5.11 Å². The Balaban J connectivity index is 1.98. The minimum absolute atomic E-state index is 0.158. The Morgan fingerprint density at radius 1 is 1.33 bits per heavy atom. The number of aliphatic hydroxyl groups excluding tert-OH is 1. The molecule has 0 aromatic rings. The third kappa shape index (κ3) is 0.674. The summed E-state index contributed by atoms with van der Waals surface area (Å²) in [4.78, 5) is 11.5. The summed E-state index contributed by atoms with van der Waals surface area (Å²) in [5, 5.41) is 9.69. The molecule has 0 saturated heterocycles. The molecule has 12 heavy (non-hydrogen) atoms. The van der Waals surface area contributed by atoms with Crippen LogP contribution in [0.15, 0.2) is 0 Å². The molecular formula is C10H14O2. The molecule has 0 bridgehead atoms. The molecule has 0 radical (unpaired) electrons. The van der Waals surface area contributed by atoms with Crippen molar-refractivity contribution in [2.75, 3.05) is 0 Å². The van der Waals surface area contributed by atoms with Gasteiger partial charge in [-0.05, 0) is 37.0 Å². The zero-order valence-electron chi connectivity index (χ0n) is 7.07. The normalized spacial score (nSPS) is 56.4. The van der Waals surface area contributed by atoms with Crippen molar-refractivity contribution in [3.63, 3.8) is 0 Å². The van der Waals surface area contributed by atoms with Gasteiger partial charge in [-0.3, -0.25) is 4.79 Å². The van der Waals surface area contributed by atoms with Crippen molar-refractivity contribution >= 4 is 5.78 Å². The Kier molecular flexibility index (Phi) is 1.24. The fraction of sp³-hybridized carbons (Fsp3) is 0.900. The predicted molar refractivity (Wildman–Crippen MR) is 43.4 cm³/mol. The molecular weight excluding hydrogens is 152 g/mol. The zero-order valence-corrected chi connectivity index (χ0v) is 7.07. The average molecular weight is 166 g/mol. The molecule has 0 spiro atoms. The number of rotatable bonds is 0. The first-order valence-electron chi connectivity index (χ1n) is 4.98. The summed E-state index contributed by atoms with van der Waals surface area (Å²) in [5.41, 5.74) is 0. The Morgan fingerprint density at radius 3 is 3.00 bits per heavy atom. The van der Waals surface area contributed by atoms with Gasteiger partial charge >= 0.3 is 0 Å². The van der Waals surface area contributed by atoms with Gasteiger partial charge in [0.1, 0.15) is 5.78 Å². The predicted octanol–water partition coefficient (Wildman–Crippen LogP) is 0.982. The van der Waals surface area contributed by atoms with Crippen molar-refractivity contribution in [1.29, 1.82) is 0 Å². The van der Waals surface area contributed by atoms with Crippen LogP contribution in [-0.2, 0) is 4.79 Å². The molecule has 0 aliphatic heterocycles. The lowest BCUT2D eigenvalue weighted by Gasteiger charge is -2.13. The van der Waals surface area contributed by atoms with Gasteiger partial charge in [-0.2, -0.15) is 0 Å². The number of carbonyl (C=O) groups is 1. The molecule has 3 saturated carbocycles. The second-order valence-corrected chi connectivity index (χ2v) is 4.66. The molecule has 3 fully saturated rings. The van der Waals surface area contributed by atoms with E-state index in [1.807, 2.05) is 0 Å². The van der Waals surface area contributed by atoms with E-state index in [0.717, 1.165) is 12.8 Å². The van der Waals surface area contributed by atoms with Crippen molar-refractivity contribution in [1.82, 2.24) is 0 Å². The highest BCUT2D eigenvalue weighted by Gasteiger charge is 2.56. The third-order valence-corrected chi connectivity index (χ3v) is 4.24. The number of ketones is 1. The Morgan fingerprint density at radius 2 is 2.17 bits per heavy atom. The molecule has 0 aromatic carbocycles. The van der Waals surface area contributed by atoms with Crippen LogP contribution < -0.4 is 0 Å². The van der Waals surface area contributed by atoms with E-state index in [1.165, 1.54) is 12.8 Å². The maximum Gasteiger partial charge on any atom is 0.136 e. The zero-order chi connectivity index (χ0) is 8.29. The van der Waals surface area contributed by atoms with E-state index in [4.69, 9.17) is 0 Å². The van der Waals surface area contributed by atoms with Crippen LogP contribution in [0.25, 0.3) is 0 Å². The summed E-state index contributed by atoms with van der Waals surface area (Å²) >= 11 is 0. The topological polar surface area (TPSA) is 37.3 Å². The molecule has 66 valence electrons. The largest absolute Gasteiger partial charge is 0.393 e. The molecule has 0 unspecified atom stereocenters. The van der Waals surface area contributed by atoms with Gasteiger partial charge in [0.05, 0.1) is 6.10 Å². The van der Waals surface area contributed by atoms with Crippen LogP contribution in [0.3, 0.4) is 0 Å². The van der Waals surface area contributed by atoms with Crippen molar-refractivity contribution in [3.8, 4) is 0 Å². The molecule has 3 aliphatic carbocycles. The molecule has 0 amide bonds. The van der Waals surface area contributed by atoms with Crippen LogP contribution in [0, 0.1) is 23.7 Å². The summed E-state index contributed by atoms with van der Waals surface area (Å²) in [6, 6.07) is 0. The van der Waals surface area contributed by atoms with Gasteiger partial charge in [-0.1, -0.05) is 0 Å². The molecule has 2 heteroatoms. The Bertz CT molecular complexity index is 236. The molecule has 0 aromatic heterocycles. The van der Waals surface area contributed by atoms with E-state index in [-0.39, 0.29) is 12.0 Å². The van der Waals surface area contributed by atoms with Crippen LogP contribution >= 0.6 is 0 Å². The summed E-state index contributed by atoms with van der Waals surface area (Å²) in [7, 11) is 0. The molecule has 5 atom stereocenters. The SMILES string of the molecule is O=C1C[C@H]2CC[C@@H]3[C@H]2[C@H]1C[C@@H]3O. The molecule has 3 aliphatic rings. The van der Waals surface area contributed by atoms with Gasteiger partial charge in [0.25, 0.3) is 0 Å². The standard InChI is InChI=1S/C10H14O2/c11-8-3-5-1-2-6-9(12)4-7(8)10(5)6/h5-7,9-10,12H,1-4H2/t5-,6+,7+,9+,10+/m1/s1. The minimum atomic E-state index is -0.158. The van der Waals surface area contributed by atoms with Gasteiger partial charge in [0.2, 0.25) is 0 Å². The van der Waals surface area contributed by atoms with E-state index in [1.54, 1.807) is 0 Å². The van der Waals surface area contributed by atoms with Crippen LogP contribution in [0.1, 0.15) is 25.7 Å². The van der Waals surface area contributed by atoms with Crippen LogP contribution in [-0.4, -0.2) is 17.0 Å². The number of carbonyl (C=O) groups excluding carboxylic acids is 1. The lowest BCUT2D eigenvalue weighted by molar-refractivity contribution is -0.121. The van der Waals surface area contributed by atoms with Gasteiger partial charge in [-0.15, -0.1) is 0 Å². The first-order valence-corrected chi connectivity index (χ1v) is 4.98. The quantitative estimate of drug-likeness (QED) is 0.582. The monoisotopic (exact) mass is 166 g/mol. The van der Waals surface area contributed by atoms with Crippen LogP contribution in [0.4, 0.5) is 0 Å². The summed E-state index contributed by atoms with van der Waals surface area (Å²) in [6.45, 7) is 0. The first-order chi connectivity index (χ1) is 5.77. The average Bonchev–Trinajstić information content (AvgIpc) is 2.59. The fourth-order valence-electron chi connectivity index (χ4n) is 3.80. The highest BCUT2D eigenvalue weighted by molar-refractivity contribution is 5.84. The Hall–Kier alpha value is -0.370. The van der Waals surface area contributed by atoms with E-state index in [0.29, 0.717) is 23.5 Å². The number of hydrogen-bond donors (Lipinski definition) is 1. The summed E-state index contributed by atoms with van der Waals surface area (Å²) in [6.07, 6.45) is 3.78. The Labute approximate surface area is 72.0 Å². The minimum Gasteiger partial charge on any atom is -0.393 e. The first kappa shape index (κ1) is 7.07. The summed E-state index contributed by atoms with van der Waals surface area (Å²) in [5.74, 6) is 2.38. The van der Waals surface area contributed by atoms with E-state index < -0.39 is 0 Å². The number of aliphatic hydroxyl groups is 1. The smallest absolute Gasteiger partial charge is 0.136 e. The van der Waals surface area contributed by atoms with Crippen molar-refractivity contribution in [2.45, 2.75) is 31.8 Å². The molecule has 3 rings (SSSR count). The number of hydrogen-bond acceptors (Lipinski definition) is 2. The lowest BCUT2D eigenvalue weighted by Crippen LogP contribution is -2.15. The molecule has 0 heterocycles. The van der Waals surface area contributed by atoms with E-state index in [9.17, 15) is 9.90 Å². The van der Waals surface area contributed by atoms with Crippen LogP contribution in [0.2, 0.25) is 0 Å². The molecule has 2 nitrogen and oxygen atoms in total. The third-order valence-electron chi connectivity index (χ3n) is 4.24. The van der Waals surface area contributed by atoms with Gasteiger partial charge in [-0.25, -0.2) is 0 Å². The van der Waals surface area contributed by atoms with Gasteiger partial charge in [0, 0.05) is 12.3 Å². The van der Waals surface area contributed by atoms with E-state index >= 15 is 0 Å². The lowest BCUT2D eigenvalue weighted by atomic mass is 9.92. The second kappa shape index (κ2) is 2.11. The van der Waals surface area contributed by atoms with Gasteiger partial charge in [0.15, 0.2) is 0 Å². The fourth-order valence-corrected chi connectivity index (χ4v) is 3.80.